The number of hydrogen-bond acceptors (Lipinski definition) is 4. The van der Waals surface area contributed by atoms with Gasteiger partial charge >= 0.3 is 0 Å². The van der Waals surface area contributed by atoms with E-state index in [0.717, 1.165) is 0 Å². The third kappa shape index (κ3) is 1.91. The predicted molar refractivity (Wildman–Crippen MR) is 53.5 cm³/mol. The van der Waals surface area contributed by atoms with Crippen molar-refractivity contribution in [2.45, 2.75) is 10.3 Å². The molecule has 1 unspecified atom stereocenters. The zero-order chi connectivity index (χ0) is 10.8. The molecule has 0 heterocycles. The summed E-state index contributed by atoms with van der Waals surface area (Å²) in [6.07, 6.45) is 0. The van der Waals surface area contributed by atoms with E-state index in [1.54, 1.807) is 18.2 Å². The van der Waals surface area contributed by atoms with Gasteiger partial charge in [0.1, 0.15) is 5.84 Å². The molecular formula is C8H11N3O2S. The van der Waals surface area contributed by atoms with Crippen LogP contribution in [-0.4, -0.2) is 19.6 Å². The van der Waals surface area contributed by atoms with Crippen LogP contribution >= 0.6 is 0 Å². The van der Waals surface area contributed by atoms with Crippen molar-refractivity contribution in [1.29, 1.82) is 5.41 Å². The van der Waals surface area contributed by atoms with Crippen molar-refractivity contribution >= 4 is 15.7 Å². The number of hydrogen-bond donors (Lipinski definition) is 3. The summed E-state index contributed by atoms with van der Waals surface area (Å²) in [5.74, 6) is -0.561. The first kappa shape index (κ1) is 10.7. The average molecular weight is 213 g/mol. The number of benzene rings is 1. The minimum absolute atomic E-state index is 0.0719. The van der Waals surface area contributed by atoms with Crippen LogP contribution in [0.2, 0.25) is 0 Å². The Labute approximate surface area is 82.2 Å². The molecular weight excluding hydrogens is 202 g/mol. The highest BCUT2D eigenvalue weighted by molar-refractivity contribution is 7.92. The van der Waals surface area contributed by atoms with Crippen molar-refractivity contribution in [2.75, 3.05) is 0 Å². The molecule has 76 valence electrons. The summed E-state index contributed by atoms with van der Waals surface area (Å²) >= 11 is 0. The molecule has 0 saturated carbocycles. The lowest BCUT2D eigenvalue weighted by Crippen LogP contribution is -2.42. The molecule has 1 aromatic carbocycles. The Kier molecular flexibility index (Phi) is 2.87. The van der Waals surface area contributed by atoms with Crippen LogP contribution in [0.15, 0.2) is 35.2 Å². The quantitative estimate of drug-likeness (QED) is 0.472. The van der Waals surface area contributed by atoms with Gasteiger partial charge in [-0.1, -0.05) is 18.2 Å². The third-order valence-corrected chi connectivity index (χ3v) is 3.56. The third-order valence-electron chi connectivity index (χ3n) is 1.71. The number of rotatable bonds is 3. The van der Waals surface area contributed by atoms with E-state index < -0.39 is 21.0 Å². The lowest BCUT2D eigenvalue weighted by atomic mass is 10.4. The minimum Gasteiger partial charge on any atom is -0.385 e. The molecule has 1 atom stereocenters. The lowest BCUT2D eigenvalue weighted by Gasteiger charge is -2.10. The van der Waals surface area contributed by atoms with Gasteiger partial charge in [0.2, 0.25) is 9.84 Å². The normalized spacial score (nSPS) is 13.5. The highest BCUT2D eigenvalue weighted by Crippen LogP contribution is 2.12. The van der Waals surface area contributed by atoms with Crippen LogP contribution < -0.4 is 11.5 Å². The Hall–Kier alpha value is -1.40. The monoisotopic (exact) mass is 213 g/mol. The van der Waals surface area contributed by atoms with Crippen LogP contribution in [-0.2, 0) is 9.84 Å². The number of amidine groups is 1. The van der Waals surface area contributed by atoms with Crippen LogP contribution in [0.1, 0.15) is 0 Å². The molecule has 0 fully saturated rings. The smallest absolute Gasteiger partial charge is 0.201 e. The molecule has 1 aromatic rings. The second-order valence-corrected chi connectivity index (χ2v) is 4.80. The largest absolute Gasteiger partial charge is 0.385 e. The van der Waals surface area contributed by atoms with Crippen LogP contribution in [0.3, 0.4) is 0 Å². The molecule has 0 aliphatic carbocycles. The van der Waals surface area contributed by atoms with Crippen LogP contribution in [0.4, 0.5) is 0 Å². The Morgan fingerprint density at radius 2 is 1.79 bits per heavy atom. The van der Waals surface area contributed by atoms with Crippen molar-refractivity contribution in [3.05, 3.63) is 30.3 Å². The van der Waals surface area contributed by atoms with Crippen molar-refractivity contribution in [3.8, 4) is 0 Å². The summed E-state index contributed by atoms with van der Waals surface area (Å²) in [6.45, 7) is 0. The van der Waals surface area contributed by atoms with Gasteiger partial charge < -0.3 is 11.5 Å². The molecule has 0 spiro atoms. The van der Waals surface area contributed by atoms with Gasteiger partial charge in [0.05, 0.1) is 4.90 Å². The van der Waals surface area contributed by atoms with Gasteiger partial charge in [-0.05, 0) is 12.1 Å². The summed E-state index contributed by atoms with van der Waals surface area (Å²) in [7, 11) is -3.71. The zero-order valence-electron chi connectivity index (χ0n) is 7.34. The standard InChI is InChI=1S/C8H11N3O2S/c9-7(10)8(11)14(12,13)6-4-2-1-3-5-6/h1-5,8H,11H2,(H3,9,10). The van der Waals surface area contributed by atoms with E-state index in [2.05, 4.69) is 0 Å². The number of nitrogens with one attached hydrogen (secondary N) is 1. The van der Waals surface area contributed by atoms with Gasteiger partial charge in [-0.3, -0.25) is 5.41 Å². The zero-order valence-corrected chi connectivity index (χ0v) is 8.16. The van der Waals surface area contributed by atoms with Gasteiger partial charge in [-0.2, -0.15) is 0 Å². The SMILES string of the molecule is N=C(N)C(N)S(=O)(=O)c1ccccc1. The van der Waals surface area contributed by atoms with Gasteiger partial charge in [-0.25, -0.2) is 8.42 Å². The Balaban J connectivity index is 3.16. The Bertz CT molecular complexity index is 427. The molecule has 0 amide bonds. The molecule has 0 aliphatic heterocycles. The van der Waals surface area contributed by atoms with E-state index in [-0.39, 0.29) is 4.90 Å². The fourth-order valence-electron chi connectivity index (χ4n) is 0.924. The van der Waals surface area contributed by atoms with Crippen LogP contribution in [0, 0.1) is 5.41 Å². The summed E-state index contributed by atoms with van der Waals surface area (Å²) in [6, 6.07) is 7.69. The van der Waals surface area contributed by atoms with Crippen LogP contribution in [0.25, 0.3) is 0 Å². The fourth-order valence-corrected chi connectivity index (χ4v) is 2.09. The van der Waals surface area contributed by atoms with Gasteiger partial charge in [0.15, 0.2) is 5.37 Å². The van der Waals surface area contributed by atoms with Crippen molar-refractivity contribution in [2.24, 2.45) is 11.5 Å². The van der Waals surface area contributed by atoms with E-state index in [1.807, 2.05) is 0 Å². The molecule has 0 radical (unpaired) electrons. The topological polar surface area (TPSA) is 110 Å². The number of sulfone groups is 1. The highest BCUT2D eigenvalue weighted by Gasteiger charge is 2.25. The van der Waals surface area contributed by atoms with Gasteiger partial charge in [0.25, 0.3) is 0 Å². The molecule has 0 aliphatic rings. The molecule has 0 saturated heterocycles. The molecule has 6 heteroatoms. The van der Waals surface area contributed by atoms with E-state index in [1.165, 1.54) is 12.1 Å². The van der Waals surface area contributed by atoms with Crippen LogP contribution in [0.5, 0.6) is 0 Å². The summed E-state index contributed by atoms with van der Waals surface area (Å²) < 4.78 is 23.3. The first-order valence-corrected chi connectivity index (χ1v) is 5.39. The summed E-state index contributed by atoms with van der Waals surface area (Å²) in [5.41, 5.74) is 10.3. The maximum absolute atomic E-state index is 11.6. The minimum atomic E-state index is -3.71. The Morgan fingerprint density at radius 1 is 1.29 bits per heavy atom. The second kappa shape index (κ2) is 3.77. The van der Waals surface area contributed by atoms with Gasteiger partial charge in [0, 0.05) is 0 Å². The first-order valence-electron chi connectivity index (χ1n) is 3.84. The Morgan fingerprint density at radius 3 is 2.21 bits per heavy atom. The van der Waals surface area contributed by atoms with E-state index in [4.69, 9.17) is 16.9 Å². The molecule has 5 N–H and O–H groups in total. The molecule has 0 aromatic heterocycles. The fraction of sp³-hybridized carbons (Fsp3) is 0.125. The van der Waals surface area contributed by atoms with Crippen molar-refractivity contribution < 1.29 is 8.42 Å². The highest BCUT2D eigenvalue weighted by atomic mass is 32.2. The van der Waals surface area contributed by atoms with Gasteiger partial charge in [-0.15, -0.1) is 0 Å². The maximum atomic E-state index is 11.6. The lowest BCUT2D eigenvalue weighted by molar-refractivity contribution is 0.591. The van der Waals surface area contributed by atoms with E-state index in [0.29, 0.717) is 0 Å². The second-order valence-electron chi connectivity index (χ2n) is 2.73. The molecule has 1 rings (SSSR count). The van der Waals surface area contributed by atoms with E-state index >= 15 is 0 Å². The maximum Gasteiger partial charge on any atom is 0.201 e. The predicted octanol–water partition coefficient (Wildman–Crippen LogP) is -0.319. The summed E-state index contributed by atoms with van der Waals surface area (Å²) in [5, 5.41) is 5.51. The van der Waals surface area contributed by atoms with Crippen molar-refractivity contribution in [1.82, 2.24) is 0 Å². The molecule has 5 nitrogen and oxygen atoms in total. The van der Waals surface area contributed by atoms with E-state index in [9.17, 15) is 8.42 Å². The van der Waals surface area contributed by atoms with Crippen molar-refractivity contribution in [3.63, 3.8) is 0 Å². The average Bonchev–Trinajstić information content (AvgIpc) is 2.18. The number of nitrogens with two attached hydrogens (primary N) is 2. The molecule has 0 bridgehead atoms. The first-order chi connectivity index (χ1) is 6.46. The molecule has 14 heavy (non-hydrogen) atoms. The summed E-state index contributed by atoms with van der Waals surface area (Å²) in [4.78, 5) is 0.0719.